The van der Waals surface area contributed by atoms with E-state index in [1.54, 1.807) is 18.2 Å². The molecule has 10 N–H and O–H groups in total. The molecular formula is C12H16N8O2S. The Hall–Kier alpha value is -2.28. The van der Waals surface area contributed by atoms with Gasteiger partial charge in [0, 0.05) is 17.3 Å². The molecular weight excluding hydrogens is 320 g/mol. The molecule has 0 saturated carbocycles. The molecule has 0 unspecified atom stereocenters. The van der Waals surface area contributed by atoms with Crippen molar-refractivity contribution in [2.45, 2.75) is 11.1 Å². The third-order valence-corrected chi connectivity index (χ3v) is 4.39. The van der Waals surface area contributed by atoms with Gasteiger partial charge in [-0.05, 0) is 17.7 Å². The number of nitrogens with two attached hydrogens (primary N) is 3. The van der Waals surface area contributed by atoms with Gasteiger partial charge in [0.2, 0.25) is 10.0 Å². The summed E-state index contributed by atoms with van der Waals surface area (Å²) in [7, 11) is -3.93. The van der Waals surface area contributed by atoms with Gasteiger partial charge in [0.05, 0.1) is 10.6 Å². The molecule has 1 fully saturated rings. The topological polar surface area (TPSA) is 173 Å². The molecule has 1 aromatic carbocycles. The van der Waals surface area contributed by atoms with Crippen molar-refractivity contribution in [3.8, 4) is 11.1 Å². The molecule has 0 atom stereocenters. The van der Waals surface area contributed by atoms with E-state index >= 15 is 0 Å². The van der Waals surface area contributed by atoms with Crippen LogP contribution in [0.4, 0.5) is 11.5 Å². The molecule has 23 heavy (non-hydrogen) atoms. The van der Waals surface area contributed by atoms with Gasteiger partial charge in [-0.15, -0.1) is 0 Å². The SMILES string of the molecule is Nc1cc(-c2cccc(S(N)(=O)=O)c2C2NNNN2)cnc1N. The van der Waals surface area contributed by atoms with Crippen molar-refractivity contribution in [1.82, 2.24) is 26.9 Å². The predicted octanol–water partition coefficient (Wildman–Crippen LogP) is -1.32. The summed E-state index contributed by atoms with van der Waals surface area (Å²) < 4.78 is 23.9. The third-order valence-electron chi connectivity index (χ3n) is 3.42. The molecule has 2 heterocycles. The molecule has 1 aliphatic heterocycles. The van der Waals surface area contributed by atoms with Crippen LogP contribution in [0.15, 0.2) is 35.4 Å². The maximum Gasteiger partial charge on any atom is 0.238 e. The number of benzene rings is 1. The summed E-state index contributed by atoms with van der Waals surface area (Å²) in [6.45, 7) is 0. The highest BCUT2D eigenvalue weighted by atomic mass is 32.2. The fourth-order valence-corrected chi connectivity index (χ4v) is 3.18. The van der Waals surface area contributed by atoms with Crippen molar-refractivity contribution in [3.05, 3.63) is 36.0 Å². The van der Waals surface area contributed by atoms with Crippen LogP contribution in [0.5, 0.6) is 0 Å². The zero-order chi connectivity index (χ0) is 16.6. The molecule has 11 heteroatoms. The maximum absolute atomic E-state index is 11.9. The average molecular weight is 336 g/mol. The number of sulfonamides is 1. The van der Waals surface area contributed by atoms with Crippen LogP contribution in [0.25, 0.3) is 11.1 Å². The Balaban J connectivity index is 2.25. The van der Waals surface area contributed by atoms with Crippen LogP contribution in [0, 0.1) is 0 Å². The van der Waals surface area contributed by atoms with Gasteiger partial charge < -0.3 is 11.5 Å². The lowest BCUT2D eigenvalue weighted by Crippen LogP contribution is -2.33. The van der Waals surface area contributed by atoms with E-state index in [0.29, 0.717) is 22.4 Å². The summed E-state index contributed by atoms with van der Waals surface area (Å²) in [5, 5.41) is 5.34. The molecule has 122 valence electrons. The van der Waals surface area contributed by atoms with E-state index in [9.17, 15) is 8.42 Å². The number of nitrogens with zero attached hydrogens (tertiary/aromatic N) is 1. The number of aromatic nitrogens is 1. The van der Waals surface area contributed by atoms with Crippen LogP contribution >= 0.6 is 0 Å². The van der Waals surface area contributed by atoms with Gasteiger partial charge in [-0.2, -0.15) is 11.1 Å². The largest absolute Gasteiger partial charge is 0.396 e. The van der Waals surface area contributed by atoms with Gasteiger partial charge in [-0.3, -0.25) is 0 Å². The van der Waals surface area contributed by atoms with E-state index in [-0.39, 0.29) is 10.7 Å². The Morgan fingerprint density at radius 2 is 1.83 bits per heavy atom. The van der Waals surface area contributed by atoms with Crippen LogP contribution in [-0.2, 0) is 10.0 Å². The second-order valence-electron chi connectivity index (χ2n) is 4.93. The zero-order valence-corrected chi connectivity index (χ0v) is 12.7. The highest BCUT2D eigenvalue weighted by molar-refractivity contribution is 7.89. The van der Waals surface area contributed by atoms with E-state index in [1.165, 1.54) is 12.3 Å². The minimum atomic E-state index is -3.93. The molecule has 2 aromatic rings. The quantitative estimate of drug-likeness (QED) is 0.358. The van der Waals surface area contributed by atoms with E-state index in [1.807, 2.05) is 0 Å². The Bertz CT molecular complexity index is 848. The Morgan fingerprint density at radius 3 is 2.43 bits per heavy atom. The van der Waals surface area contributed by atoms with E-state index in [2.05, 4.69) is 26.9 Å². The Kier molecular flexibility index (Phi) is 3.89. The van der Waals surface area contributed by atoms with Crippen LogP contribution in [0.3, 0.4) is 0 Å². The number of hydrogen-bond acceptors (Lipinski definition) is 9. The van der Waals surface area contributed by atoms with Crippen LogP contribution < -0.4 is 38.5 Å². The summed E-state index contributed by atoms with van der Waals surface area (Å²) in [6.07, 6.45) is 0.978. The molecule has 10 nitrogen and oxygen atoms in total. The predicted molar refractivity (Wildman–Crippen MR) is 85.2 cm³/mol. The molecule has 0 spiro atoms. The number of pyridine rings is 1. The van der Waals surface area contributed by atoms with E-state index in [4.69, 9.17) is 16.6 Å². The summed E-state index contributed by atoms with van der Waals surface area (Å²) in [5.74, 6) is 0.207. The van der Waals surface area contributed by atoms with Gasteiger partial charge in [-0.1, -0.05) is 12.1 Å². The second kappa shape index (κ2) is 5.73. The molecule has 0 amide bonds. The Labute approximate surface area is 132 Å². The van der Waals surface area contributed by atoms with Gasteiger partial charge in [0.1, 0.15) is 12.0 Å². The molecule has 1 aromatic heterocycles. The lowest BCUT2D eigenvalue weighted by molar-refractivity contribution is 0.540. The molecule has 1 aliphatic rings. The smallest absolute Gasteiger partial charge is 0.238 e. The summed E-state index contributed by atoms with van der Waals surface area (Å²) in [4.78, 5) is 4.00. The van der Waals surface area contributed by atoms with Crippen molar-refractivity contribution < 1.29 is 8.42 Å². The first kappa shape index (κ1) is 15.6. The number of hydrazine groups is 3. The van der Waals surface area contributed by atoms with Crippen molar-refractivity contribution >= 4 is 21.5 Å². The zero-order valence-electron chi connectivity index (χ0n) is 11.9. The van der Waals surface area contributed by atoms with Gasteiger partial charge >= 0.3 is 0 Å². The van der Waals surface area contributed by atoms with Crippen molar-refractivity contribution in [3.63, 3.8) is 0 Å². The van der Waals surface area contributed by atoms with Crippen LogP contribution in [0.1, 0.15) is 11.7 Å². The number of anilines is 2. The fourth-order valence-electron chi connectivity index (χ4n) is 2.38. The minimum absolute atomic E-state index is 0.0131. The monoisotopic (exact) mass is 336 g/mol. The molecule has 3 rings (SSSR count). The third kappa shape index (κ3) is 2.96. The number of primary sulfonamides is 1. The maximum atomic E-state index is 11.9. The Morgan fingerprint density at radius 1 is 1.13 bits per heavy atom. The molecule has 0 radical (unpaired) electrons. The van der Waals surface area contributed by atoms with Crippen LogP contribution in [0.2, 0.25) is 0 Å². The normalized spacial score (nSPS) is 15.9. The van der Waals surface area contributed by atoms with Gasteiger partial charge in [-0.25, -0.2) is 29.4 Å². The lowest BCUT2D eigenvalue weighted by atomic mass is 9.99. The molecule has 0 bridgehead atoms. The second-order valence-corrected chi connectivity index (χ2v) is 6.46. The summed E-state index contributed by atoms with van der Waals surface area (Å²) in [6, 6.07) is 6.41. The lowest BCUT2D eigenvalue weighted by Gasteiger charge is -2.18. The first-order chi connectivity index (χ1) is 10.9. The van der Waals surface area contributed by atoms with E-state index in [0.717, 1.165) is 0 Å². The van der Waals surface area contributed by atoms with Gasteiger partial charge in [0.25, 0.3) is 0 Å². The van der Waals surface area contributed by atoms with Crippen molar-refractivity contribution in [2.75, 3.05) is 11.5 Å². The minimum Gasteiger partial charge on any atom is -0.396 e. The van der Waals surface area contributed by atoms with Crippen molar-refractivity contribution in [2.24, 2.45) is 5.14 Å². The first-order valence-corrected chi connectivity index (χ1v) is 8.10. The van der Waals surface area contributed by atoms with Gasteiger partial charge in [0.15, 0.2) is 0 Å². The summed E-state index contributed by atoms with van der Waals surface area (Å²) in [5.41, 5.74) is 24.4. The number of hydrogen-bond donors (Lipinski definition) is 7. The standard InChI is InChI=1S/C12H16N8O2S/c13-8-4-6(5-16-11(8)14)7-2-1-3-9(23(15,21)22)10(7)12-17-19-20-18-12/h1-5,12,17-20H,13H2,(H2,14,16)(H2,15,21,22). The van der Waals surface area contributed by atoms with Crippen LogP contribution in [-0.4, -0.2) is 13.4 Å². The average Bonchev–Trinajstić information content (AvgIpc) is 3.02. The molecule has 0 aliphatic carbocycles. The fraction of sp³-hybridized carbons (Fsp3) is 0.0833. The first-order valence-electron chi connectivity index (χ1n) is 6.56. The number of nitrogens with one attached hydrogen (secondary N) is 4. The highest BCUT2D eigenvalue weighted by Gasteiger charge is 2.27. The number of rotatable bonds is 3. The van der Waals surface area contributed by atoms with Crippen molar-refractivity contribution in [1.29, 1.82) is 0 Å². The number of nitrogen functional groups attached to an aromatic ring is 2. The van der Waals surface area contributed by atoms with E-state index < -0.39 is 16.2 Å². The molecule has 1 saturated heterocycles. The summed E-state index contributed by atoms with van der Waals surface area (Å²) >= 11 is 0. The highest BCUT2D eigenvalue weighted by Crippen LogP contribution is 2.33.